The molecule has 1 aromatic carbocycles. The lowest BCUT2D eigenvalue weighted by molar-refractivity contribution is 0.413. The van der Waals surface area contributed by atoms with Crippen LogP contribution in [0.15, 0.2) is 36.7 Å². The lowest BCUT2D eigenvalue weighted by Gasteiger charge is -2.19. The summed E-state index contributed by atoms with van der Waals surface area (Å²) in [5.74, 6) is 1.63. The zero-order chi connectivity index (χ0) is 14.7. The summed E-state index contributed by atoms with van der Waals surface area (Å²) in [6.07, 6.45) is 6.25. The fraction of sp³-hybridized carbons (Fsp3) is 0.412. The van der Waals surface area contributed by atoms with Gasteiger partial charge in [-0.1, -0.05) is 12.1 Å². The molecule has 1 fully saturated rings. The van der Waals surface area contributed by atoms with E-state index in [0.29, 0.717) is 6.04 Å². The van der Waals surface area contributed by atoms with Crippen LogP contribution >= 0.6 is 0 Å². The van der Waals surface area contributed by atoms with Crippen molar-refractivity contribution in [2.24, 2.45) is 5.92 Å². The first-order valence-electron chi connectivity index (χ1n) is 7.41. The summed E-state index contributed by atoms with van der Waals surface area (Å²) in [5, 5.41) is 3.63. The highest BCUT2D eigenvalue weighted by Crippen LogP contribution is 2.41. The van der Waals surface area contributed by atoms with Gasteiger partial charge in [0, 0.05) is 25.0 Å². The van der Waals surface area contributed by atoms with Crippen molar-refractivity contribution in [1.29, 1.82) is 0 Å². The first kappa shape index (κ1) is 14.0. The molecule has 4 heteroatoms. The van der Waals surface area contributed by atoms with E-state index < -0.39 is 0 Å². The Kier molecular flexibility index (Phi) is 4.15. The summed E-state index contributed by atoms with van der Waals surface area (Å²) < 4.78 is 5.23. The molecule has 4 nitrogen and oxygen atoms in total. The van der Waals surface area contributed by atoms with Crippen LogP contribution in [-0.2, 0) is 6.54 Å². The number of hydrogen-bond acceptors (Lipinski definition) is 4. The second kappa shape index (κ2) is 6.22. The minimum atomic E-state index is 0.388. The lowest BCUT2D eigenvalue weighted by Crippen LogP contribution is -2.23. The van der Waals surface area contributed by atoms with Gasteiger partial charge in [0.05, 0.1) is 18.5 Å². The van der Waals surface area contributed by atoms with Crippen molar-refractivity contribution < 1.29 is 4.74 Å². The number of hydrogen-bond donors (Lipinski definition) is 1. The average Bonchev–Trinajstić information content (AvgIpc) is 3.35. The van der Waals surface area contributed by atoms with Gasteiger partial charge in [0.15, 0.2) is 0 Å². The van der Waals surface area contributed by atoms with Gasteiger partial charge in [-0.2, -0.15) is 0 Å². The Balaban J connectivity index is 1.68. The summed E-state index contributed by atoms with van der Waals surface area (Å²) in [4.78, 5) is 8.70. The zero-order valence-electron chi connectivity index (χ0n) is 12.5. The van der Waals surface area contributed by atoms with E-state index in [4.69, 9.17) is 4.74 Å². The summed E-state index contributed by atoms with van der Waals surface area (Å²) in [6.45, 7) is 2.70. The molecule has 2 aromatic rings. The fourth-order valence-corrected chi connectivity index (χ4v) is 2.52. The highest BCUT2D eigenvalue weighted by atomic mass is 16.5. The molecule has 1 atom stereocenters. The smallest absolute Gasteiger partial charge is 0.118 e. The van der Waals surface area contributed by atoms with Crippen LogP contribution in [-0.4, -0.2) is 17.1 Å². The van der Waals surface area contributed by atoms with Crippen LogP contribution in [0.3, 0.4) is 0 Å². The van der Waals surface area contributed by atoms with Crippen LogP contribution in [0.25, 0.3) is 0 Å². The van der Waals surface area contributed by atoms with Gasteiger partial charge in [-0.25, -0.2) is 0 Å². The Morgan fingerprint density at radius 1 is 1.19 bits per heavy atom. The number of benzene rings is 1. The van der Waals surface area contributed by atoms with Gasteiger partial charge >= 0.3 is 0 Å². The Bertz CT molecular complexity index is 576. The molecular weight excluding hydrogens is 262 g/mol. The average molecular weight is 283 g/mol. The van der Waals surface area contributed by atoms with Crippen LogP contribution in [0.4, 0.5) is 0 Å². The van der Waals surface area contributed by atoms with Gasteiger partial charge in [-0.3, -0.25) is 9.97 Å². The molecule has 1 aliphatic rings. The predicted molar refractivity (Wildman–Crippen MR) is 82.1 cm³/mol. The molecule has 1 saturated carbocycles. The molecule has 3 rings (SSSR count). The molecule has 1 N–H and O–H groups in total. The Labute approximate surface area is 125 Å². The molecule has 0 radical (unpaired) electrons. The van der Waals surface area contributed by atoms with Crippen molar-refractivity contribution in [1.82, 2.24) is 15.3 Å². The minimum Gasteiger partial charge on any atom is -0.497 e. The summed E-state index contributed by atoms with van der Waals surface area (Å²) in [5.41, 5.74) is 3.26. The van der Waals surface area contributed by atoms with E-state index in [1.165, 1.54) is 18.4 Å². The van der Waals surface area contributed by atoms with Crippen LogP contribution in [0.1, 0.15) is 35.8 Å². The van der Waals surface area contributed by atoms with Crippen LogP contribution in [0.2, 0.25) is 0 Å². The molecule has 0 aliphatic heterocycles. The van der Waals surface area contributed by atoms with Crippen LogP contribution in [0.5, 0.6) is 5.75 Å². The topological polar surface area (TPSA) is 47.0 Å². The number of ether oxygens (including phenoxy) is 1. The fourth-order valence-electron chi connectivity index (χ4n) is 2.52. The number of methoxy groups -OCH3 is 1. The molecule has 1 unspecified atom stereocenters. The Morgan fingerprint density at radius 3 is 2.52 bits per heavy atom. The van der Waals surface area contributed by atoms with Gasteiger partial charge in [0.25, 0.3) is 0 Å². The largest absolute Gasteiger partial charge is 0.497 e. The maximum Gasteiger partial charge on any atom is 0.118 e. The second-order valence-corrected chi connectivity index (χ2v) is 5.62. The third kappa shape index (κ3) is 3.58. The standard InChI is InChI=1S/C17H21N3O/c1-12-9-19-15(10-18-12)11-20-17(13-3-4-13)14-5-7-16(21-2)8-6-14/h5-10,13,17,20H,3-4,11H2,1-2H3. The SMILES string of the molecule is COc1ccc(C(NCc2cnc(C)cn2)C2CC2)cc1. The number of nitrogens with one attached hydrogen (secondary N) is 1. The monoisotopic (exact) mass is 283 g/mol. The first-order valence-corrected chi connectivity index (χ1v) is 7.41. The molecule has 0 amide bonds. The van der Waals surface area contributed by atoms with Crippen LogP contribution < -0.4 is 10.1 Å². The highest BCUT2D eigenvalue weighted by molar-refractivity contribution is 5.30. The van der Waals surface area contributed by atoms with Gasteiger partial charge in [0.2, 0.25) is 0 Å². The number of aryl methyl sites for hydroxylation is 1. The number of nitrogens with zero attached hydrogens (tertiary/aromatic N) is 2. The number of aromatic nitrogens is 2. The van der Waals surface area contributed by atoms with E-state index >= 15 is 0 Å². The van der Waals surface area contributed by atoms with Gasteiger partial charge in [-0.05, 0) is 43.4 Å². The lowest BCUT2D eigenvalue weighted by atomic mass is 10.0. The van der Waals surface area contributed by atoms with E-state index in [2.05, 4.69) is 27.4 Å². The molecule has 1 aliphatic carbocycles. The molecule has 0 bridgehead atoms. The molecule has 1 aromatic heterocycles. The molecule has 1 heterocycles. The van der Waals surface area contributed by atoms with E-state index in [1.807, 2.05) is 31.5 Å². The molecular formula is C17H21N3O. The van der Waals surface area contributed by atoms with Crippen molar-refractivity contribution in [3.8, 4) is 5.75 Å². The van der Waals surface area contributed by atoms with Gasteiger partial charge < -0.3 is 10.1 Å². The van der Waals surface area contributed by atoms with Crippen LogP contribution in [0, 0.1) is 12.8 Å². The van der Waals surface area contributed by atoms with E-state index in [1.54, 1.807) is 7.11 Å². The van der Waals surface area contributed by atoms with E-state index in [-0.39, 0.29) is 0 Å². The summed E-state index contributed by atoms with van der Waals surface area (Å²) >= 11 is 0. The van der Waals surface area contributed by atoms with Crippen molar-refractivity contribution >= 4 is 0 Å². The zero-order valence-corrected chi connectivity index (χ0v) is 12.5. The Morgan fingerprint density at radius 2 is 1.95 bits per heavy atom. The maximum absolute atomic E-state index is 5.23. The third-order valence-corrected chi connectivity index (χ3v) is 3.91. The van der Waals surface area contributed by atoms with Gasteiger partial charge in [0.1, 0.15) is 5.75 Å². The van der Waals surface area contributed by atoms with Crippen molar-refractivity contribution in [2.45, 2.75) is 32.4 Å². The van der Waals surface area contributed by atoms with Crippen molar-refractivity contribution in [3.05, 3.63) is 53.6 Å². The molecule has 21 heavy (non-hydrogen) atoms. The van der Waals surface area contributed by atoms with Crippen molar-refractivity contribution in [3.63, 3.8) is 0 Å². The normalized spacial score (nSPS) is 15.7. The predicted octanol–water partition coefficient (Wildman–Crippen LogP) is 3.03. The maximum atomic E-state index is 5.23. The molecule has 110 valence electrons. The van der Waals surface area contributed by atoms with E-state index in [0.717, 1.165) is 29.6 Å². The highest BCUT2D eigenvalue weighted by Gasteiger charge is 2.31. The quantitative estimate of drug-likeness (QED) is 0.885. The third-order valence-electron chi connectivity index (χ3n) is 3.91. The molecule has 0 saturated heterocycles. The first-order chi connectivity index (χ1) is 10.3. The summed E-state index contributed by atoms with van der Waals surface area (Å²) in [6, 6.07) is 8.74. The summed E-state index contributed by atoms with van der Waals surface area (Å²) in [7, 11) is 1.70. The number of rotatable bonds is 6. The molecule has 0 spiro atoms. The Hall–Kier alpha value is -1.94. The second-order valence-electron chi connectivity index (χ2n) is 5.62. The van der Waals surface area contributed by atoms with Crippen molar-refractivity contribution in [2.75, 3.05) is 7.11 Å². The van der Waals surface area contributed by atoms with E-state index in [9.17, 15) is 0 Å². The minimum absolute atomic E-state index is 0.388. The van der Waals surface area contributed by atoms with Gasteiger partial charge in [-0.15, -0.1) is 0 Å².